The minimum atomic E-state index is -1.85. The smallest absolute Gasteiger partial charge is 0.194 e. The molecule has 0 radical (unpaired) electrons. The molecular weight excluding hydrogens is 290 g/mol. The van der Waals surface area contributed by atoms with Crippen molar-refractivity contribution in [2.75, 3.05) is 6.54 Å². The molecule has 120 valence electrons. The number of aliphatic imine (C=N–C) groups is 2. The molecule has 1 unspecified atom stereocenters. The highest BCUT2D eigenvalue weighted by atomic mass is 28.4. The average Bonchev–Trinajstić information content (AvgIpc) is 2.41. The summed E-state index contributed by atoms with van der Waals surface area (Å²) in [7, 11) is -1.85. The van der Waals surface area contributed by atoms with E-state index >= 15 is 0 Å². The molecule has 1 heterocycles. The maximum Gasteiger partial charge on any atom is 0.194 e. The van der Waals surface area contributed by atoms with Crippen LogP contribution in [0.5, 0.6) is 0 Å². The number of hydrogen-bond acceptors (Lipinski definition) is 4. The van der Waals surface area contributed by atoms with Crippen molar-refractivity contribution in [1.82, 2.24) is 0 Å². The van der Waals surface area contributed by atoms with Gasteiger partial charge in [-0.05, 0) is 23.7 Å². The molecule has 1 aliphatic rings. The minimum absolute atomic E-state index is 0.158. The Hall–Kier alpha value is -1.46. The van der Waals surface area contributed by atoms with Gasteiger partial charge >= 0.3 is 0 Å². The van der Waals surface area contributed by atoms with Crippen LogP contribution < -0.4 is 5.73 Å². The van der Waals surface area contributed by atoms with Crippen molar-refractivity contribution in [2.24, 2.45) is 15.7 Å². The third kappa shape index (κ3) is 4.05. The van der Waals surface area contributed by atoms with Gasteiger partial charge in [-0.2, -0.15) is 0 Å². The van der Waals surface area contributed by atoms with E-state index in [0.717, 1.165) is 12.1 Å². The number of rotatable bonds is 4. The lowest BCUT2D eigenvalue weighted by atomic mass is 10.1. The molecule has 5 heteroatoms. The quantitative estimate of drug-likeness (QED) is 0.865. The molecule has 0 saturated heterocycles. The van der Waals surface area contributed by atoms with Crippen LogP contribution in [-0.4, -0.2) is 32.6 Å². The van der Waals surface area contributed by atoms with Gasteiger partial charge in [-0.15, -0.1) is 0 Å². The van der Waals surface area contributed by atoms with Gasteiger partial charge in [-0.1, -0.05) is 51.1 Å². The van der Waals surface area contributed by atoms with E-state index in [9.17, 15) is 0 Å². The largest absolute Gasteiger partial charge is 0.394 e. The zero-order chi connectivity index (χ0) is 16.4. The Bertz CT molecular complexity index is 573. The van der Waals surface area contributed by atoms with Gasteiger partial charge in [0.05, 0.1) is 12.3 Å². The first-order valence-corrected chi connectivity index (χ1v) is 10.7. The fourth-order valence-electron chi connectivity index (χ4n) is 2.06. The van der Waals surface area contributed by atoms with Gasteiger partial charge in [0.25, 0.3) is 0 Å². The van der Waals surface area contributed by atoms with E-state index in [2.05, 4.69) is 56.0 Å². The van der Waals surface area contributed by atoms with Gasteiger partial charge in [0, 0.05) is 6.42 Å². The lowest BCUT2D eigenvalue weighted by Gasteiger charge is -2.38. The van der Waals surface area contributed by atoms with Crippen LogP contribution in [0, 0.1) is 0 Å². The number of nitrogens with two attached hydrogens (primary N) is 1. The molecule has 1 atom stereocenters. The summed E-state index contributed by atoms with van der Waals surface area (Å²) in [6, 6.07) is 10.2. The number of nitrogens with zero attached hydrogens (tertiary/aromatic N) is 2. The normalized spacial score (nSPS) is 19.6. The third-order valence-corrected chi connectivity index (χ3v) is 8.94. The third-order valence-electron chi connectivity index (χ3n) is 4.47. The minimum Gasteiger partial charge on any atom is -0.394 e. The second kappa shape index (κ2) is 6.34. The van der Waals surface area contributed by atoms with Crippen molar-refractivity contribution in [1.29, 1.82) is 0 Å². The first kappa shape index (κ1) is 16.9. The highest BCUT2D eigenvalue weighted by Gasteiger charge is 2.39. The topological polar surface area (TPSA) is 60.0 Å². The molecule has 0 saturated carbocycles. The molecule has 0 amide bonds. The van der Waals surface area contributed by atoms with Gasteiger partial charge in [-0.25, -0.2) is 4.99 Å². The molecular formula is C17H27N3OSi. The fraction of sp³-hybridized carbons (Fsp3) is 0.529. The summed E-state index contributed by atoms with van der Waals surface area (Å²) in [6.07, 6.45) is 0.489. The van der Waals surface area contributed by atoms with Crippen molar-refractivity contribution >= 4 is 19.9 Å². The summed E-state index contributed by atoms with van der Waals surface area (Å²) in [4.78, 5) is 9.15. The standard InChI is InChI=1S/C17H27N3OSi/c1-17(2,3)22(4,5)21-15-12-19-14(16(18)20-15)11-13-9-7-6-8-10-13/h6-10,15H,11-12H2,1-5H3,(H2,18,20). The Morgan fingerprint density at radius 1 is 1.23 bits per heavy atom. The molecule has 2 N–H and O–H groups in total. The molecule has 0 bridgehead atoms. The van der Waals surface area contributed by atoms with Crippen LogP contribution in [0.2, 0.25) is 18.1 Å². The van der Waals surface area contributed by atoms with E-state index in [1.54, 1.807) is 0 Å². The Kier molecular flexibility index (Phi) is 4.87. The zero-order valence-corrected chi connectivity index (χ0v) is 15.3. The summed E-state index contributed by atoms with van der Waals surface area (Å²) < 4.78 is 6.28. The van der Waals surface area contributed by atoms with Crippen LogP contribution in [0.15, 0.2) is 40.3 Å². The second-order valence-corrected chi connectivity index (χ2v) is 12.1. The van der Waals surface area contributed by atoms with E-state index in [1.165, 1.54) is 5.56 Å². The first-order chi connectivity index (χ1) is 10.2. The number of hydrogen-bond donors (Lipinski definition) is 1. The van der Waals surface area contributed by atoms with Crippen LogP contribution in [0.3, 0.4) is 0 Å². The fourth-order valence-corrected chi connectivity index (χ4v) is 3.22. The van der Waals surface area contributed by atoms with Gasteiger partial charge in [0.15, 0.2) is 14.5 Å². The van der Waals surface area contributed by atoms with Crippen LogP contribution in [-0.2, 0) is 10.8 Å². The SMILES string of the molecule is CC(C)(C)[Si](C)(C)OC1CN=C(Cc2ccccc2)C(N)=N1. The van der Waals surface area contributed by atoms with Crippen molar-refractivity contribution in [2.45, 2.75) is 51.6 Å². The van der Waals surface area contributed by atoms with E-state index in [0.29, 0.717) is 12.4 Å². The molecule has 1 aromatic carbocycles. The van der Waals surface area contributed by atoms with Crippen LogP contribution in [0.1, 0.15) is 26.3 Å². The highest BCUT2D eigenvalue weighted by Crippen LogP contribution is 2.37. The van der Waals surface area contributed by atoms with Crippen molar-refractivity contribution in [3.05, 3.63) is 35.9 Å². The Morgan fingerprint density at radius 2 is 1.86 bits per heavy atom. The summed E-state index contributed by atoms with van der Waals surface area (Å²) in [5.74, 6) is 0.513. The highest BCUT2D eigenvalue weighted by molar-refractivity contribution is 6.74. The number of benzene rings is 1. The monoisotopic (exact) mass is 317 g/mol. The molecule has 2 rings (SSSR count). The lowest BCUT2D eigenvalue weighted by Crippen LogP contribution is -2.46. The molecule has 0 aromatic heterocycles. The van der Waals surface area contributed by atoms with Crippen LogP contribution >= 0.6 is 0 Å². The molecule has 1 aromatic rings. The summed E-state index contributed by atoms with van der Waals surface area (Å²) in [5.41, 5.74) is 8.16. The Balaban J connectivity index is 2.03. The maximum absolute atomic E-state index is 6.28. The Labute approximate surface area is 134 Å². The van der Waals surface area contributed by atoms with Crippen molar-refractivity contribution in [3.8, 4) is 0 Å². The van der Waals surface area contributed by atoms with E-state index < -0.39 is 8.32 Å². The summed E-state index contributed by atoms with van der Waals surface area (Å²) in [5, 5.41) is 0.158. The van der Waals surface area contributed by atoms with Crippen molar-refractivity contribution < 1.29 is 4.43 Å². The van der Waals surface area contributed by atoms with Crippen molar-refractivity contribution in [3.63, 3.8) is 0 Å². The van der Waals surface area contributed by atoms with Crippen LogP contribution in [0.4, 0.5) is 0 Å². The van der Waals surface area contributed by atoms with Gasteiger partial charge in [-0.3, -0.25) is 4.99 Å². The Morgan fingerprint density at radius 3 is 2.41 bits per heavy atom. The zero-order valence-electron chi connectivity index (χ0n) is 14.3. The molecule has 4 nitrogen and oxygen atoms in total. The van der Waals surface area contributed by atoms with E-state index in [-0.39, 0.29) is 11.3 Å². The summed E-state index contributed by atoms with van der Waals surface area (Å²) >= 11 is 0. The second-order valence-electron chi connectivity index (χ2n) is 7.30. The maximum atomic E-state index is 6.28. The average molecular weight is 318 g/mol. The predicted molar refractivity (Wildman–Crippen MR) is 96.1 cm³/mol. The van der Waals surface area contributed by atoms with E-state index in [1.807, 2.05) is 18.2 Å². The molecule has 22 heavy (non-hydrogen) atoms. The van der Waals surface area contributed by atoms with Gasteiger partial charge in [0.2, 0.25) is 0 Å². The van der Waals surface area contributed by atoms with Gasteiger partial charge in [0.1, 0.15) is 5.84 Å². The first-order valence-electron chi connectivity index (χ1n) is 7.78. The number of amidine groups is 1. The van der Waals surface area contributed by atoms with Crippen LogP contribution in [0.25, 0.3) is 0 Å². The molecule has 0 spiro atoms. The van der Waals surface area contributed by atoms with Gasteiger partial charge < -0.3 is 10.2 Å². The summed E-state index contributed by atoms with van der Waals surface area (Å²) in [6.45, 7) is 11.7. The molecule has 1 aliphatic heterocycles. The van der Waals surface area contributed by atoms with E-state index in [4.69, 9.17) is 10.2 Å². The molecule has 0 aliphatic carbocycles. The predicted octanol–water partition coefficient (Wildman–Crippen LogP) is 3.39. The lowest BCUT2D eigenvalue weighted by molar-refractivity contribution is 0.196. The molecule has 0 fully saturated rings.